The van der Waals surface area contributed by atoms with E-state index < -0.39 is 0 Å². The van der Waals surface area contributed by atoms with Crippen LogP contribution in [-0.2, 0) is 11.2 Å². The number of hydrogen-bond acceptors (Lipinski definition) is 1. The van der Waals surface area contributed by atoms with Crippen LogP contribution in [0.25, 0.3) is 6.08 Å². The monoisotopic (exact) mass is 385 g/mol. The van der Waals surface area contributed by atoms with Gasteiger partial charge >= 0.3 is 0 Å². The minimum atomic E-state index is -0.167. The highest BCUT2D eigenvalue weighted by Gasteiger charge is 1.96. The lowest BCUT2D eigenvalue weighted by atomic mass is 10.0. The Hall–Kier alpha value is -1.57. The van der Waals surface area contributed by atoms with Crippen LogP contribution in [0.3, 0.4) is 0 Å². The minimum Gasteiger partial charge on any atom is -0.370 e. The molecule has 0 fully saturated rings. The van der Waals surface area contributed by atoms with E-state index in [-0.39, 0.29) is 5.91 Å². The summed E-state index contributed by atoms with van der Waals surface area (Å²) in [5, 5.41) is 0. The summed E-state index contributed by atoms with van der Waals surface area (Å²) in [7, 11) is 0. The molecule has 1 rings (SSSR count). The molecule has 0 radical (unpaired) electrons. The Balaban J connectivity index is 2.00. The second-order valence-corrected chi connectivity index (χ2v) is 8.14. The van der Waals surface area contributed by atoms with E-state index in [0.717, 1.165) is 12.8 Å². The molecule has 0 saturated carbocycles. The van der Waals surface area contributed by atoms with Crippen molar-refractivity contribution in [2.45, 2.75) is 110 Å². The van der Waals surface area contributed by atoms with Crippen LogP contribution in [0.15, 0.2) is 30.3 Å². The average molecular weight is 386 g/mol. The highest BCUT2D eigenvalue weighted by Crippen LogP contribution is 2.13. The van der Waals surface area contributed by atoms with Gasteiger partial charge in [-0.2, -0.15) is 0 Å². The van der Waals surface area contributed by atoms with Crippen molar-refractivity contribution in [3.63, 3.8) is 0 Å². The SMILES string of the molecule is CCCCCCCCc1ccc(/C=C/CCCCCCCCCC(N)=O)cc1. The lowest BCUT2D eigenvalue weighted by Gasteiger charge is -2.03. The van der Waals surface area contributed by atoms with Gasteiger partial charge in [0.05, 0.1) is 0 Å². The van der Waals surface area contributed by atoms with Crippen LogP contribution in [0.2, 0.25) is 0 Å². The summed E-state index contributed by atoms with van der Waals surface area (Å²) < 4.78 is 0. The molecule has 0 heterocycles. The molecule has 2 nitrogen and oxygen atoms in total. The van der Waals surface area contributed by atoms with Gasteiger partial charge in [0.1, 0.15) is 0 Å². The van der Waals surface area contributed by atoms with Gasteiger partial charge in [-0.3, -0.25) is 4.79 Å². The van der Waals surface area contributed by atoms with Gasteiger partial charge in [-0.1, -0.05) is 108 Å². The molecule has 1 aromatic rings. The molecule has 0 spiro atoms. The number of benzene rings is 1. The number of amides is 1. The van der Waals surface area contributed by atoms with Gasteiger partial charge in [0.15, 0.2) is 0 Å². The second kappa shape index (κ2) is 17.5. The molecule has 0 atom stereocenters. The molecular formula is C26H43NO. The van der Waals surface area contributed by atoms with Crippen LogP contribution in [0, 0.1) is 0 Å². The number of unbranched alkanes of at least 4 members (excludes halogenated alkanes) is 12. The number of allylic oxidation sites excluding steroid dienone is 1. The molecule has 28 heavy (non-hydrogen) atoms. The van der Waals surface area contributed by atoms with E-state index in [0.29, 0.717) is 6.42 Å². The zero-order valence-electron chi connectivity index (χ0n) is 18.3. The van der Waals surface area contributed by atoms with Crippen LogP contribution in [-0.4, -0.2) is 5.91 Å². The fourth-order valence-corrected chi connectivity index (χ4v) is 3.57. The summed E-state index contributed by atoms with van der Waals surface area (Å²) in [4.78, 5) is 10.7. The standard InChI is InChI=1S/C26H43NO/c1-2-3-4-5-11-14-17-24-20-22-25(23-21-24)18-15-12-9-7-6-8-10-13-16-19-26(27)28/h15,18,20-23H,2-14,16-17,19H2,1H3,(H2,27,28)/b18-15+. The highest BCUT2D eigenvalue weighted by atomic mass is 16.1. The van der Waals surface area contributed by atoms with Crippen molar-refractivity contribution >= 4 is 12.0 Å². The maximum Gasteiger partial charge on any atom is 0.217 e. The molecule has 0 unspecified atom stereocenters. The molecule has 158 valence electrons. The first-order valence-corrected chi connectivity index (χ1v) is 11.8. The topological polar surface area (TPSA) is 43.1 Å². The van der Waals surface area contributed by atoms with Gasteiger partial charge in [-0.25, -0.2) is 0 Å². The molecule has 0 saturated heterocycles. The van der Waals surface area contributed by atoms with E-state index in [4.69, 9.17) is 5.73 Å². The smallest absolute Gasteiger partial charge is 0.217 e. The van der Waals surface area contributed by atoms with Crippen molar-refractivity contribution in [1.82, 2.24) is 0 Å². The predicted molar refractivity (Wildman–Crippen MR) is 123 cm³/mol. The number of rotatable bonds is 18. The highest BCUT2D eigenvalue weighted by molar-refractivity contribution is 5.73. The van der Waals surface area contributed by atoms with E-state index in [1.165, 1.54) is 94.6 Å². The van der Waals surface area contributed by atoms with Gasteiger partial charge in [0, 0.05) is 6.42 Å². The summed E-state index contributed by atoms with van der Waals surface area (Å²) in [5.74, 6) is -0.167. The van der Waals surface area contributed by atoms with Crippen molar-refractivity contribution in [3.8, 4) is 0 Å². The fourth-order valence-electron chi connectivity index (χ4n) is 3.57. The molecular weight excluding hydrogens is 342 g/mol. The Kier molecular flexibility index (Phi) is 15.3. The molecule has 2 N–H and O–H groups in total. The number of carbonyl (C=O) groups is 1. The van der Waals surface area contributed by atoms with E-state index in [1.807, 2.05) is 0 Å². The maximum absolute atomic E-state index is 10.7. The quantitative estimate of drug-likeness (QED) is 0.260. The van der Waals surface area contributed by atoms with Crippen LogP contribution in [0.5, 0.6) is 0 Å². The van der Waals surface area contributed by atoms with E-state index in [2.05, 4.69) is 43.3 Å². The summed E-state index contributed by atoms with van der Waals surface area (Å²) in [6, 6.07) is 9.11. The summed E-state index contributed by atoms with van der Waals surface area (Å²) in [6.07, 6.45) is 24.2. The van der Waals surface area contributed by atoms with E-state index in [9.17, 15) is 4.79 Å². The third-order valence-electron chi connectivity index (χ3n) is 5.40. The summed E-state index contributed by atoms with van der Waals surface area (Å²) >= 11 is 0. The Morgan fingerprint density at radius 1 is 0.786 bits per heavy atom. The number of carbonyl (C=O) groups excluding carboxylic acids is 1. The largest absolute Gasteiger partial charge is 0.370 e. The van der Waals surface area contributed by atoms with Gasteiger partial charge in [-0.05, 0) is 43.2 Å². The Labute approximate surface area is 174 Å². The van der Waals surface area contributed by atoms with Gasteiger partial charge in [-0.15, -0.1) is 0 Å². The van der Waals surface area contributed by atoms with Crippen molar-refractivity contribution in [3.05, 3.63) is 41.5 Å². The molecule has 1 amide bonds. The zero-order chi connectivity index (χ0) is 20.3. The van der Waals surface area contributed by atoms with Crippen molar-refractivity contribution < 1.29 is 4.79 Å². The van der Waals surface area contributed by atoms with Crippen LogP contribution >= 0.6 is 0 Å². The third kappa shape index (κ3) is 14.5. The van der Waals surface area contributed by atoms with Crippen LogP contribution in [0.4, 0.5) is 0 Å². The Morgan fingerprint density at radius 2 is 1.36 bits per heavy atom. The van der Waals surface area contributed by atoms with Crippen molar-refractivity contribution in [1.29, 1.82) is 0 Å². The van der Waals surface area contributed by atoms with Crippen molar-refractivity contribution in [2.24, 2.45) is 5.73 Å². The van der Waals surface area contributed by atoms with E-state index in [1.54, 1.807) is 0 Å². The molecule has 1 aromatic carbocycles. The van der Waals surface area contributed by atoms with Gasteiger partial charge < -0.3 is 5.73 Å². The average Bonchev–Trinajstić information content (AvgIpc) is 2.69. The Bertz CT molecular complexity index is 518. The molecule has 0 aliphatic heterocycles. The number of nitrogens with two attached hydrogens (primary N) is 1. The number of aryl methyl sites for hydroxylation is 1. The normalized spacial score (nSPS) is 11.3. The molecule has 0 aliphatic carbocycles. The maximum atomic E-state index is 10.7. The predicted octanol–water partition coefficient (Wildman–Crippen LogP) is 7.60. The molecule has 2 heteroatoms. The minimum absolute atomic E-state index is 0.167. The van der Waals surface area contributed by atoms with Crippen molar-refractivity contribution in [2.75, 3.05) is 0 Å². The Morgan fingerprint density at radius 3 is 2.00 bits per heavy atom. The lowest BCUT2D eigenvalue weighted by Crippen LogP contribution is -2.09. The summed E-state index contributed by atoms with van der Waals surface area (Å²) in [6.45, 7) is 2.27. The lowest BCUT2D eigenvalue weighted by molar-refractivity contribution is -0.118. The first kappa shape index (κ1) is 24.5. The third-order valence-corrected chi connectivity index (χ3v) is 5.40. The van der Waals surface area contributed by atoms with Crippen LogP contribution in [0.1, 0.15) is 114 Å². The van der Waals surface area contributed by atoms with Gasteiger partial charge in [0.2, 0.25) is 5.91 Å². The van der Waals surface area contributed by atoms with Gasteiger partial charge in [0.25, 0.3) is 0 Å². The fraction of sp³-hybridized carbons (Fsp3) is 0.654. The second-order valence-electron chi connectivity index (χ2n) is 8.14. The van der Waals surface area contributed by atoms with E-state index >= 15 is 0 Å². The number of primary amides is 1. The first-order chi connectivity index (χ1) is 13.7. The number of hydrogen-bond donors (Lipinski definition) is 1. The zero-order valence-corrected chi connectivity index (χ0v) is 18.3. The summed E-state index contributed by atoms with van der Waals surface area (Å²) in [5.41, 5.74) is 7.94. The molecule has 0 aliphatic rings. The molecule has 0 bridgehead atoms. The van der Waals surface area contributed by atoms with Crippen LogP contribution < -0.4 is 5.73 Å². The molecule has 0 aromatic heterocycles. The first-order valence-electron chi connectivity index (χ1n) is 11.8.